The van der Waals surface area contributed by atoms with Crippen LogP contribution in [0.15, 0.2) is 28.9 Å². The minimum absolute atomic E-state index is 0.182. The van der Waals surface area contributed by atoms with Crippen LogP contribution >= 0.6 is 0 Å². The summed E-state index contributed by atoms with van der Waals surface area (Å²) in [5.41, 5.74) is 0.444. The summed E-state index contributed by atoms with van der Waals surface area (Å²) in [6.45, 7) is 0.526. The number of nitrogens with zero attached hydrogens (tertiary/aromatic N) is 3. The highest BCUT2D eigenvalue weighted by atomic mass is 16.3. The van der Waals surface area contributed by atoms with Gasteiger partial charge in [-0.2, -0.15) is 5.21 Å². The first-order valence-corrected chi connectivity index (χ1v) is 6.10. The maximum atomic E-state index is 11.8. The molecule has 0 bridgehead atoms. The van der Waals surface area contributed by atoms with Crippen LogP contribution in [0.1, 0.15) is 23.2 Å². The number of carbonyl (C=O) groups excluding carboxylic acids is 1. The summed E-state index contributed by atoms with van der Waals surface area (Å²) in [6.07, 6.45) is 8.03. The zero-order chi connectivity index (χ0) is 13.1. The quantitative estimate of drug-likeness (QED) is 0.785. The fourth-order valence-corrected chi connectivity index (χ4v) is 1.64. The van der Waals surface area contributed by atoms with E-state index in [0.29, 0.717) is 23.7 Å². The van der Waals surface area contributed by atoms with Crippen LogP contribution in [0.2, 0.25) is 0 Å². The van der Waals surface area contributed by atoms with Crippen molar-refractivity contribution in [1.82, 2.24) is 25.9 Å². The van der Waals surface area contributed by atoms with Crippen molar-refractivity contribution in [3.05, 3.63) is 30.0 Å². The van der Waals surface area contributed by atoms with Gasteiger partial charge in [0.2, 0.25) is 5.82 Å². The molecule has 0 aromatic carbocycles. The van der Waals surface area contributed by atoms with Gasteiger partial charge in [-0.15, -0.1) is 10.2 Å². The van der Waals surface area contributed by atoms with E-state index in [-0.39, 0.29) is 5.91 Å². The lowest BCUT2D eigenvalue weighted by molar-refractivity contribution is 0.0957. The molecule has 19 heavy (non-hydrogen) atoms. The zero-order valence-electron chi connectivity index (χ0n) is 10.2. The third-order valence-corrected chi connectivity index (χ3v) is 2.84. The molecule has 1 aliphatic rings. The second-order valence-electron chi connectivity index (χ2n) is 4.41. The van der Waals surface area contributed by atoms with E-state index >= 15 is 0 Å². The number of aromatic amines is 1. The topological polar surface area (TPSA) is 96.7 Å². The maximum Gasteiger partial charge on any atom is 0.254 e. The summed E-state index contributed by atoms with van der Waals surface area (Å²) in [5, 5.41) is 16.1. The van der Waals surface area contributed by atoms with Gasteiger partial charge >= 0.3 is 0 Å². The summed E-state index contributed by atoms with van der Waals surface area (Å²) < 4.78 is 5.22. The summed E-state index contributed by atoms with van der Waals surface area (Å²) >= 11 is 0. The monoisotopic (exact) mass is 259 g/mol. The molecule has 0 unspecified atom stereocenters. The van der Waals surface area contributed by atoms with E-state index in [9.17, 15) is 4.79 Å². The Kier molecular flexibility index (Phi) is 3.09. The molecule has 1 fully saturated rings. The van der Waals surface area contributed by atoms with E-state index in [1.54, 1.807) is 6.07 Å². The zero-order valence-corrected chi connectivity index (χ0v) is 10.2. The van der Waals surface area contributed by atoms with E-state index < -0.39 is 0 Å². The Hall–Kier alpha value is -2.44. The highest BCUT2D eigenvalue weighted by Gasteiger charge is 2.17. The maximum absolute atomic E-state index is 11.8. The van der Waals surface area contributed by atoms with Crippen molar-refractivity contribution >= 4 is 5.91 Å². The Bertz CT molecular complexity index is 583. The molecule has 1 aliphatic carbocycles. The molecular weight excluding hydrogens is 246 g/mol. The lowest BCUT2D eigenvalue weighted by Crippen LogP contribution is -2.22. The molecule has 0 radical (unpaired) electrons. The number of H-pyrrole nitrogens is 1. The van der Waals surface area contributed by atoms with Crippen molar-refractivity contribution < 1.29 is 9.21 Å². The van der Waals surface area contributed by atoms with Gasteiger partial charge in [0, 0.05) is 12.6 Å². The van der Waals surface area contributed by atoms with Crippen molar-refractivity contribution in [1.29, 1.82) is 0 Å². The summed E-state index contributed by atoms with van der Waals surface area (Å²) in [4.78, 5) is 11.8. The minimum Gasteiger partial charge on any atom is -0.460 e. The van der Waals surface area contributed by atoms with Crippen LogP contribution in [-0.2, 0) is 0 Å². The Labute approximate surface area is 109 Å². The summed E-state index contributed by atoms with van der Waals surface area (Å²) in [5.74, 6) is 1.27. The van der Waals surface area contributed by atoms with Gasteiger partial charge in [-0.05, 0) is 24.0 Å². The van der Waals surface area contributed by atoms with Gasteiger partial charge in [-0.25, -0.2) is 0 Å². The van der Waals surface area contributed by atoms with Gasteiger partial charge < -0.3 is 9.73 Å². The average molecular weight is 259 g/mol. The lowest BCUT2D eigenvalue weighted by atomic mass is 10.3. The van der Waals surface area contributed by atoms with Gasteiger partial charge in [0.25, 0.3) is 5.91 Å². The predicted molar refractivity (Wildman–Crippen MR) is 66.1 cm³/mol. The van der Waals surface area contributed by atoms with E-state index in [2.05, 4.69) is 32.0 Å². The number of allylic oxidation sites excluding steroid dienone is 1. The first kappa shape index (κ1) is 11.6. The summed E-state index contributed by atoms with van der Waals surface area (Å²) in [7, 11) is 0. The van der Waals surface area contributed by atoms with Gasteiger partial charge in [-0.1, -0.05) is 12.2 Å². The molecule has 1 saturated carbocycles. The minimum atomic E-state index is -0.182. The molecule has 2 aromatic rings. The molecule has 2 N–H and O–H groups in total. The Morgan fingerprint density at radius 1 is 1.58 bits per heavy atom. The standard InChI is InChI=1S/C12H13N5O2/c18-12(13-5-1-2-8-3-4-8)9-6-10(19-7-9)11-14-16-17-15-11/h1-2,6-8H,3-5H2,(H,13,18)(H,14,15,16,17)/b2-1+. The molecule has 1 amide bonds. The van der Waals surface area contributed by atoms with Gasteiger partial charge in [0.15, 0.2) is 5.76 Å². The molecule has 98 valence electrons. The number of amides is 1. The van der Waals surface area contributed by atoms with Gasteiger partial charge in [-0.3, -0.25) is 4.79 Å². The molecule has 0 saturated heterocycles. The van der Waals surface area contributed by atoms with Crippen LogP contribution in [0.4, 0.5) is 0 Å². The number of tetrazole rings is 1. The molecule has 3 rings (SSSR count). The number of furan rings is 1. The SMILES string of the molecule is O=C(NC/C=C/C1CC1)c1coc(-c2nn[nH]n2)c1. The van der Waals surface area contributed by atoms with Crippen molar-refractivity contribution in [3.63, 3.8) is 0 Å². The van der Waals surface area contributed by atoms with Crippen LogP contribution in [0.25, 0.3) is 11.6 Å². The second kappa shape index (κ2) is 5.05. The Balaban J connectivity index is 1.57. The molecule has 0 atom stereocenters. The Morgan fingerprint density at radius 3 is 3.21 bits per heavy atom. The molecule has 7 nitrogen and oxygen atoms in total. The van der Waals surface area contributed by atoms with E-state index in [4.69, 9.17) is 4.42 Å². The number of rotatable bonds is 5. The van der Waals surface area contributed by atoms with Crippen LogP contribution in [0, 0.1) is 5.92 Å². The van der Waals surface area contributed by atoms with E-state index in [1.165, 1.54) is 19.1 Å². The average Bonchev–Trinajstić information content (AvgIpc) is 2.93. The largest absolute Gasteiger partial charge is 0.460 e. The highest BCUT2D eigenvalue weighted by Crippen LogP contribution is 2.29. The first-order valence-electron chi connectivity index (χ1n) is 6.10. The molecule has 0 spiro atoms. The third-order valence-electron chi connectivity index (χ3n) is 2.84. The van der Waals surface area contributed by atoms with E-state index in [1.807, 2.05) is 6.08 Å². The van der Waals surface area contributed by atoms with Crippen molar-refractivity contribution in [2.24, 2.45) is 5.92 Å². The number of carbonyl (C=O) groups is 1. The van der Waals surface area contributed by atoms with Crippen LogP contribution in [0.3, 0.4) is 0 Å². The predicted octanol–water partition coefficient (Wildman–Crippen LogP) is 1.16. The Morgan fingerprint density at radius 2 is 2.47 bits per heavy atom. The fraction of sp³-hybridized carbons (Fsp3) is 0.333. The van der Waals surface area contributed by atoms with Crippen molar-refractivity contribution in [2.75, 3.05) is 6.54 Å². The molecule has 2 aromatic heterocycles. The normalized spacial score (nSPS) is 14.9. The van der Waals surface area contributed by atoms with Crippen LogP contribution < -0.4 is 5.32 Å². The van der Waals surface area contributed by atoms with Crippen LogP contribution in [0.5, 0.6) is 0 Å². The number of hydrogen-bond acceptors (Lipinski definition) is 5. The molecule has 0 aliphatic heterocycles. The van der Waals surface area contributed by atoms with Crippen molar-refractivity contribution in [2.45, 2.75) is 12.8 Å². The fourth-order valence-electron chi connectivity index (χ4n) is 1.64. The molecular formula is C12H13N5O2. The number of hydrogen-bond donors (Lipinski definition) is 2. The smallest absolute Gasteiger partial charge is 0.254 e. The number of aromatic nitrogens is 4. The van der Waals surface area contributed by atoms with Crippen molar-refractivity contribution in [3.8, 4) is 11.6 Å². The third kappa shape index (κ3) is 2.87. The molecule has 2 heterocycles. The van der Waals surface area contributed by atoms with Crippen LogP contribution in [-0.4, -0.2) is 33.1 Å². The van der Waals surface area contributed by atoms with Gasteiger partial charge in [0.1, 0.15) is 6.26 Å². The summed E-state index contributed by atoms with van der Waals surface area (Å²) in [6, 6.07) is 1.59. The highest BCUT2D eigenvalue weighted by molar-refractivity contribution is 5.94. The molecule has 7 heteroatoms. The second-order valence-corrected chi connectivity index (χ2v) is 4.41. The van der Waals surface area contributed by atoms with E-state index in [0.717, 1.165) is 5.92 Å². The van der Waals surface area contributed by atoms with Gasteiger partial charge in [0.05, 0.1) is 5.56 Å². The first-order chi connectivity index (χ1) is 9.33. The lowest BCUT2D eigenvalue weighted by Gasteiger charge is -1.97. The number of nitrogens with one attached hydrogen (secondary N) is 2.